The van der Waals surface area contributed by atoms with Gasteiger partial charge in [0.2, 0.25) is 11.8 Å². The number of hydrogen-bond acceptors (Lipinski definition) is 6. The highest BCUT2D eigenvalue weighted by atomic mass is 32.2. The van der Waals surface area contributed by atoms with E-state index in [1.54, 1.807) is 43.5 Å². The van der Waals surface area contributed by atoms with Crippen molar-refractivity contribution in [1.29, 1.82) is 0 Å². The van der Waals surface area contributed by atoms with Crippen molar-refractivity contribution >= 4 is 41.4 Å². The molecule has 0 radical (unpaired) electrons. The molecule has 0 bridgehead atoms. The number of nitrogens with zero attached hydrogens (tertiary/aromatic N) is 2. The van der Waals surface area contributed by atoms with Gasteiger partial charge < -0.3 is 20.9 Å². The van der Waals surface area contributed by atoms with Crippen LogP contribution in [-0.2, 0) is 19.2 Å². The SMILES string of the molecule is CCN1CCN(C(=O)NC(C(=O)N[C@@H]2C(=O)N[C@H]2SC)c2ccccc2)C(=O)C1=O. The number of likely N-dealkylation sites (N-methyl/N-ethyl adjacent to an activating group) is 1. The zero-order valence-corrected chi connectivity index (χ0v) is 17.4. The van der Waals surface area contributed by atoms with Crippen LogP contribution in [0.25, 0.3) is 0 Å². The normalized spacial score (nSPS) is 22.1. The van der Waals surface area contributed by atoms with Gasteiger partial charge in [0.1, 0.15) is 17.5 Å². The lowest BCUT2D eigenvalue weighted by atomic mass is 10.0. The lowest BCUT2D eigenvalue weighted by molar-refractivity contribution is -0.153. The lowest BCUT2D eigenvalue weighted by Crippen LogP contribution is -2.68. The summed E-state index contributed by atoms with van der Waals surface area (Å²) in [5.41, 5.74) is 0.481. The number of hydrogen-bond donors (Lipinski definition) is 3. The first kappa shape index (κ1) is 21.6. The van der Waals surface area contributed by atoms with Gasteiger partial charge in [-0.3, -0.25) is 24.1 Å². The summed E-state index contributed by atoms with van der Waals surface area (Å²) >= 11 is 1.38. The molecule has 6 amide bonds. The molecule has 1 aromatic rings. The van der Waals surface area contributed by atoms with E-state index in [4.69, 9.17) is 0 Å². The molecular formula is C19H23N5O5S. The van der Waals surface area contributed by atoms with Crippen molar-refractivity contribution in [2.24, 2.45) is 0 Å². The van der Waals surface area contributed by atoms with E-state index in [1.165, 1.54) is 16.7 Å². The van der Waals surface area contributed by atoms with Crippen molar-refractivity contribution in [2.75, 3.05) is 25.9 Å². The number of rotatable bonds is 6. The van der Waals surface area contributed by atoms with Crippen LogP contribution in [0.5, 0.6) is 0 Å². The first-order chi connectivity index (χ1) is 14.4. The molecule has 11 heteroatoms. The van der Waals surface area contributed by atoms with Crippen LogP contribution in [0, 0.1) is 0 Å². The van der Waals surface area contributed by atoms with Crippen molar-refractivity contribution in [3.63, 3.8) is 0 Å². The molecule has 3 atom stereocenters. The zero-order chi connectivity index (χ0) is 21.8. The van der Waals surface area contributed by atoms with Gasteiger partial charge in [-0.1, -0.05) is 30.3 Å². The minimum atomic E-state index is -1.14. The molecular weight excluding hydrogens is 410 g/mol. The smallest absolute Gasteiger partial charge is 0.325 e. The number of nitrogens with one attached hydrogen (secondary N) is 3. The number of amides is 6. The van der Waals surface area contributed by atoms with E-state index >= 15 is 0 Å². The second kappa shape index (κ2) is 9.16. The van der Waals surface area contributed by atoms with Gasteiger partial charge in [0.25, 0.3) is 0 Å². The van der Waals surface area contributed by atoms with E-state index in [1.807, 2.05) is 0 Å². The Labute approximate surface area is 177 Å². The van der Waals surface area contributed by atoms with Crippen LogP contribution in [0.15, 0.2) is 30.3 Å². The zero-order valence-electron chi connectivity index (χ0n) is 16.6. The molecule has 2 aliphatic rings. The average Bonchev–Trinajstić information content (AvgIpc) is 2.76. The molecule has 0 aliphatic carbocycles. The molecule has 2 fully saturated rings. The fraction of sp³-hybridized carbons (Fsp3) is 0.421. The number of imide groups is 1. The Morgan fingerprint density at radius 2 is 1.87 bits per heavy atom. The maximum atomic E-state index is 12.9. The molecule has 10 nitrogen and oxygen atoms in total. The largest absolute Gasteiger partial charge is 0.340 e. The average molecular weight is 433 g/mol. The predicted molar refractivity (Wildman–Crippen MR) is 109 cm³/mol. The van der Waals surface area contributed by atoms with Crippen LogP contribution in [0.3, 0.4) is 0 Å². The molecule has 1 unspecified atom stereocenters. The number of thioether (sulfide) groups is 1. The molecule has 0 saturated carbocycles. The highest BCUT2D eigenvalue weighted by Crippen LogP contribution is 2.20. The number of β-lactam (4-membered cyclic amide) rings is 1. The van der Waals surface area contributed by atoms with Gasteiger partial charge in [-0.15, -0.1) is 11.8 Å². The molecule has 30 heavy (non-hydrogen) atoms. The van der Waals surface area contributed by atoms with Crippen molar-refractivity contribution < 1.29 is 24.0 Å². The Bertz CT molecular complexity index is 864. The quantitative estimate of drug-likeness (QED) is 0.407. The maximum Gasteiger partial charge on any atom is 0.325 e. The lowest BCUT2D eigenvalue weighted by Gasteiger charge is -2.37. The second-order valence-corrected chi connectivity index (χ2v) is 7.77. The van der Waals surface area contributed by atoms with Crippen molar-refractivity contribution in [3.05, 3.63) is 35.9 Å². The van der Waals surface area contributed by atoms with Gasteiger partial charge in [-0.2, -0.15) is 0 Å². The Morgan fingerprint density at radius 1 is 1.17 bits per heavy atom. The van der Waals surface area contributed by atoms with Gasteiger partial charge in [0.15, 0.2) is 0 Å². The van der Waals surface area contributed by atoms with E-state index in [0.717, 1.165) is 4.90 Å². The second-order valence-electron chi connectivity index (χ2n) is 6.79. The van der Waals surface area contributed by atoms with Crippen LogP contribution in [-0.4, -0.2) is 76.8 Å². The van der Waals surface area contributed by atoms with E-state index < -0.39 is 35.8 Å². The third-order valence-corrected chi connectivity index (χ3v) is 5.92. The number of carbonyl (C=O) groups excluding carboxylic acids is 5. The molecule has 0 aromatic heterocycles. The Hall–Kier alpha value is -3.08. The predicted octanol–water partition coefficient (Wildman–Crippen LogP) is -0.568. The van der Waals surface area contributed by atoms with E-state index in [-0.39, 0.29) is 24.4 Å². The third kappa shape index (κ3) is 4.25. The van der Waals surface area contributed by atoms with Crippen LogP contribution in [0.2, 0.25) is 0 Å². The summed E-state index contributed by atoms with van der Waals surface area (Å²) in [5, 5.41) is 7.59. The first-order valence-electron chi connectivity index (χ1n) is 9.47. The van der Waals surface area contributed by atoms with Crippen LogP contribution in [0.1, 0.15) is 18.5 Å². The Balaban J connectivity index is 1.76. The summed E-state index contributed by atoms with van der Waals surface area (Å²) in [6.45, 7) is 2.38. The first-order valence-corrected chi connectivity index (χ1v) is 10.8. The molecule has 2 saturated heterocycles. The molecule has 3 rings (SSSR count). The fourth-order valence-electron chi connectivity index (χ4n) is 3.24. The molecule has 1 aromatic carbocycles. The van der Waals surface area contributed by atoms with Crippen molar-refractivity contribution in [1.82, 2.24) is 25.8 Å². The Kier molecular flexibility index (Phi) is 6.60. The monoisotopic (exact) mass is 433 g/mol. The summed E-state index contributed by atoms with van der Waals surface area (Å²) in [6, 6.07) is 5.78. The molecule has 0 spiro atoms. The topological polar surface area (TPSA) is 128 Å². The van der Waals surface area contributed by atoms with Gasteiger partial charge in [-0.25, -0.2) is 4.79 Å². The highest BCUT2D eigenvalue weighted by Gasteiger charge is 2.42. The fourth-order valence-corrected chi connectivity index (χ4v) is 3.94. The van der Waals surface area contributed by atoms with E-state index in [2.05, 4.69) is 16.0 Å². The molecule has 3 N–H and O–H groups in total. The number of carbonyl (C=O) groups is 5. The minimum Gasteiger partial charge on any atom is -0.340 e. The summed E-state index contributed by atoms with van der Waals surface area (Å²) in [6.07, 6.45) is 1.80. The van der Waals surface area contributed by atoms with Crippen molar-refractivity contribution in [3.8, 4) is 0 Å². The van der Waals surface area contributed by atoms with E-state index in [0.29, 0.717) is 12.1 Å². The van der Waals surface area contributed by atoms with Crippen molar-refractivity contribution in [2.45, 2.75) is 24.4 Å². The van der Waals surface area contributed by atoms with Gasteiger partial charge in [-0.05, 0) is 18.7 Å². The number of benzene rings is 1. The molecule has 2 heterocycles. The maximum absolute atomic E-state index is 12.9. The summed E-state index contributed by atoms with van der Waals surface area (Å²) in [4.78, 5) is 64.0. The standard InChI is InChI=1S/C19H23N5O5S/c1-3-23-9-10-24(18(28)17(23)27)19(29)21-12(11-7-5-4-6-8-11)14(25)20-13-15(26)22-16(13)30-2/h4-8,12-13,16H,3,9-10H2,1-2H3,(H,20,25)(H,21,29)(H,22,26)/t12?,13-,16+/m1/s1. The molecule has 160 valence electrons. The van der Waals surface area contributed by atoms with Gasteiger partial charge in [0.05, 0.1) is 0 Å². The Morgan fingerprint density at radius 3 is 2.47 bits per heavy atom. The van der Waals surface area contributed by atoms with Crippen LogP contribution >= 0.6 is 11.8 Å². The van der Waals surface area contributed by atoms with Crippen LogP contribution < -0.4 is 16.0 Å². The number of piperazine rings is 1. The summed E-state index contributed by atoms with van der Waals surface area (Å²) in [7, 11) is 0. The minimum absolute atomic E-state index is 0.0347. The number of urea groups is 1. The molecule has 2 aliphatic heterocycles. The van der Waals surface area contributed by atoms with E-state index in [9.17, 15) is 24.0 Å². The third-order valence-electron chi connectivity index (χ3n) is 5.02. The summed E-state index contributed by atoms with van der Waals surface area (Å²) < 4.78 is 0. The summed E-state index contributed by atoms with van der Waals surface area (Å²) in [5.74, 6) is -2.58. The van der Waals surface area contributed by atoms with Gasteiger partial charge >= 0.3 is 17.8 Å². The highest BCUT2D eigenvalue weighted by molar-refractivity contribution is 7.99. The van der Waals surface area contributed by atoms with Crippen LogP contribution in [0.4, 0.5) is 4.79 Å². The van der Waals surface area contributed by atoms with Gasteiger partial charge in [0, 0.05) is 19.6 Å².